The minimum Gasteiger partial charge on any atom is -0.355 e. The Morgan fingerprint density at radius 2 is 1.80 bits per heavy atom. The van der Waals surface area contributed by atoms with Crippen molar-refractivity contribution < 1.29 is 4.79 Å². The first-order valence-corrected chi connectivity index (χ1v) is 15.6. The summed E-state index contributed by atoms with van der Waals surface area (Å²) in [6, 6.07) is 12.8. The van der Waals surface area contributed by atoms with Crippen LogP contribution in [0.4, 0.5) is 5.82 Å². The normalized spacial score (nSPS) is 19.7. The number of hydrogen-bond acceptors (Lipinski definition) is 7. The van der Waals surface area contributed by atoms with Crippen LogP contribution in [0.2, 0.25) is 0 Å². The van der Waals surface area contributed by atoms with Crippen LogP contribution in [0.25, 0.3) is 6.08 Å². The van der Waals surface area contributed by atoms with Crippen molar-refractivity contribution in [3.63, 3.8) is 0 Å². The number of aromatic nitrogens is 1. The van der Waals surface area contributed by atoms with E-state index in [4.69, 9.17) is 12.2 Å². The van der Waals surface area contributed by atoms with Gasteiger partial charge in [0.05, 0.1) is 4.91 Å². The van der Waals surface area contributed by atoms with Crippen LogP contribution in [0, 0.1) is 18.3 Å². The molecule has 1 aromatic heterocycles. The molecule has 3 fully saturated rings. The highest BCUT2D eigenvalue weighted by molar-refractivity contribution is 8.26. The van der Waals surface area contributed by atoms with Gasteiger partial charge in [0.15, 0.2) is 0 Å². The van der Waals surface area contributed by atoms with Crippen LogP contribution < -0.4 is 10.5 Å². The molecule has 40 heavy (non-hydrogen) atoms. The minimum absolute atomic E-state index is 0.0512. The number of unbranched alkanes of at least 4 members (excludes halogenated alkanes) is 1. The van der Waals surface area contributed by atoms with E-state index in [1.807, 2.05) is 19.1 Å². The summed E-state index contributed by atoms with van der Waals surface area (Å²) in [5, 5.41) is 9.98. The van der Waals surface area contributed by atoms with Crippen molar-refractivity contribution in [3.8, 4) is 6.07 Å². The van der Waals surface area contributed by atoms with Crippen LogP contribution in [0.1, 0.15) is 67.7 Å². The molecule has 0 N–H and O–H groups in total. The minimum atomic E-state index is -0.245. The lowest BCUT2D eigenvalue weighted by molar-refractivity contribution is -0.123. The Bertz CT molecular complexity index is 1400. The number of nitrogens with zero attached hydrogens (tertiary/aromatic N) is 5. The van der Waals surface area contributed by atoms with Crippen molar-refractivity contribution in [2.45, 2.75) is 71.5 Å². The molecule has 1 amide bonds. The van der Waals surface area contributed by atoms with Crippen molar-refractivity contribution in [1.29, 1.82) is 5.26 Å². The quantitative estimate of drug-likeness (QED) is 0.313. The van der Waals surface area contributed by atoms with E-state index in [-0.39, 0.29) is 23.1 Å². The van der Waals surface area contributed by atoms with Crippen molar-refractivity contribution in [2.75, 3.05) is 31.1 Å². The Labute approximate surface area is 246 Å². The molecule has 2 saturated heterocycles. The molecule has 9 heteroatoms. The summed E-state index contributed by atoms with van der Waals surface area (Å²) in [5.41, 5.74) is 2.62. The number of amides is 1. The molecule has 0 radical (unpaired) electrons. The lowest BCUT2D eigenvalue weighted by Crippen LogP contribution is -2.48. The highest BCUT2D eigenvalue weighted by atomic mass is 32.2. The third kappa shape index (κ3) is 5.76. The monoisotopic (exact) mass is 575 g/mol. The second-order valence-electron chi connectivity index (χ2n) is 10.9. The molecule has 7 nitrogen and oxygen atoms in total. The number of benzene rings is 1. The van der Waals surface area contributed by atoms with Crippen molar-refractivity contribution in [3.05, 3.63) is 67.8 Å². The van der Waals surface area contributed by atoms with Gasteiger partial charge in [0.25, 0.3) is 11.5 Å². The molecule has 1 aromatic carbocycles. The largest absolute Gasteiger partial charge is 0.355 e. The van der Waals surface area contributed by atoms with E-state index in [1.54, 1.807) is 9.47 Å². The zero-order chi connectivity index (χ0) is 28.2. The summed E-state index contributed by atoms with van der Waals surface area (Å²) < 4.78 is 2.39. The average Bonchev–Trinajstić information content (AvgIpc) is 3.58. The van der Waals surface area contributed by atoms with Gasteiger partial charge < -0.3 is 4.90 Å². The number of rotatable bonds is 8. The Morgan fingerprint density at radius 1 is 1.10 bits per heavy atom. The molecule has 0 spiro atoms. The van der Waals surface area contributed by atoms with Crippen LogP contribution in [0.5, 0.6) is 0 Å². The first kappa shape index (κ1) is 28.6. The molecular weight excluding hydrogens is 539 g/mol. The van der Waals surface area contributed by atoms with E-state index < -0.39 is 0 Å². The molecule has 2 aromatic rings. The molecule has 0 atom stereocenters. The number of piperazine rings is 1. The number of carbonyl (C=O) groups is 1. The fourth-order valence-corrected chi connectivity index (χ4v) is 7.44. The van der Waals surface area contributed by atoms with Crippen LogP contribution in [-0.2, 0) is 17.9 Å². The first-order valence-electron chi connectivity index (χ1n) is 14.4. The molecule has 5 rings (SSSR count). The van der Waals surface area contributed by atoms with E-state index in [0.29, 0.717) is 21.3 Å². The molecule has 1 saturated carbocycles. The predicted octanol–water partition coefficient (Wildman–Crippen LogP) is 5.29. The molecule has 0 bridgehead atoms. The topological polar surface area (TPSA) is 72.6 Å². The van der Waals surface area contributed by atoms with Gasteiger partial charge in [0, 0.05) is 50.9 Å². The van der Waals surface area contributed by atoms with Crippen molar-refractivity contribution in [1.82, 2.24) is 14.4 Å². The van der Waals surface area contributed by atoms with Crippen LogP contribution >= 0.6 is 24.0 Å². The smallest absolute Gasteiger partial charge is 0.270 e. The van der Waals surface area contributed by atoms with E-state index >= 15 is 0 Å². The number of pyridine rings is 1. The van der Waals surface area contributed by atoms with E-state index in [1.165, 1.54) is 17.3 Å². The molecule has 210 valence electrons. The van der Waals surface area contributed by atoms with Crippen molar-refractivity contribution in [2.24, 2.45) is 0 Å². The van der Waals surface area contributed by atoms with Gasteiger partial charge >= 0.3 is 0 Å². The number of thiocarbonyl (C=S) groups is 1. The van der Waals surface area contributed by atoms with Crippen LogP contribution in [0.15, 0.2) is 40.0 Å². The van der Waals surface area contributed by atoms with Crippen molar-refractivity contribution >= 4 is 46.1 Å². The summed E-state index contributed by atoms with van der Waals surface area (Å²) in [6.07, 6.45) is 7.87. The SMILES string of the molecule is CCCCn1c(N2CCN(Cc3ccccc3)CC2)c(C=C2SC(=S)N(C3CCCC3)C2=O)c(C)c(C#N)c1=O. The molecular formula is C31H37N5O2S2. The van der Waals surface area contributed by atoms with E-state index in [9.17, 15) is 14.9 Å². The Morgan fingerprint density at radius 3 is 2.45 bits per heavy atom. The molecule has 2 aliphatic heterocycles. The summed E-state index contributed by atoms with van der Waals surface area (Å²) in [4.78, 5) is 34.3. The number of hydrogen-bond donors (Lipinski definition) is 0. The average molecular weight is 576 g/mol. The van der Waals surface area contributed by atoms with Gasteiger partial charge in [-0.1, -0.05) is 80.5 Å². The Hall–Kier alpha value is -2.93. The van der Waals surface area contributed by atoms with Gasteiger partial charge in [-0.25, -0.2) is 0 Å². The summed E-state index contributed by atoms with van der Waals surface area (Å²) in [7, 11) is 0. The van der Waals surface area contributed by atoms with Gasteiger partial charge in [0.2, 0.25) is 0 Å². The number of nitriles is 1. The molecule has 3 heterocycles. The van der Waals surface area contributed by atoms with Crippen LogP contribution in [0.3, 0.4) is 0 Å². The van der Waals surface area contributed by atoms with Gasteiger partial charge in [-0.05, 0) is 43.4 Å². The van der Waals surface area contributed by atoms with Crippen LogP contribution in [-0.4, -0.2) is 56.8 Å². The Balaban J connectivity index is 1.52. The third-order valence-corrected chi connectivity index (χ3v) is 9.62. The molecule has 1 aliphatic carbocycles. The van der Waals surface area contributed by atoms with E-state index in [0.717, 1.165) is 82.6 Å². The standard InChI is InChI=1S/C31H37N5O2S2/c1-3-4-14-35-28(34-17-15-33(16-18-34)21-23-10-6-5-7-11-23)25(22(2)26(20-32)29(35)37)19-27-30(38)36(31(39)40-27)24-12-8-9-13-24/h5-7,10-11,19,24H,3-4,8-9,12-18,21H2,1-2H3. The molecule has 3 aliphatic rings. The highest BCUT2D eigenvalue weighted by Gasteiger charge is 2.38. The molecule has 0 unspecified atom stereocenters. The Kier molecular flexibility index (Phi) is 9.09. The number of carbonyl (C=O) groups excluding carboxylic acids is 1. The lowest BCUT2D eigenvalue weighted by atomic mass is 10.0. The third-order valence-electron chi connectivity index (χ3n) is 8.29. The summed E-state index contributed by atoms with van der Waals surface area (Å²) in [6.45, 7) is 8.60. The highest BCUT2D eigenvalue weighted by Crippen LogP contribution is 2.39. The summed E-state index contributed by atoms with van der Waals surface area (Å²) >= 11 is 7.00. The summed E-state index contributed by atoms with van der Waals surface area (Å²) in [5.74, 6) is 0.769. The maximum atomic E-state index is 13.6. The van der Waals surface area contributed by atoms with Gasteiger partial charge in [-0.15, -0.1) is 0 Å². The zero-order valence-electron chi connectivity index (χ0n) is 23.4. The van der Waals surface area contributed by atoms with Gasteiger partial charge in [0.1, 0.15) is 21.8 Å². The number of anilines is 1. The zero-order valence-corrected chi connectivity index (χ0v) is 25.0. The second-order valence-corrected chi connectivity index (χ2v) is 12.6. The second kappa shape index (κ2) is 12.7. The maximum absolute atomic E-state index is 13.6. The lowest BCUT2D eigenvalue weighted by Gasteiger charge is -2.38. The predicted molar refractivity (Wildman–Crippen MR) is 166 cm³/mol. The fourth-order valence-electron chi connectivity index (χ4n) is 6.06. The maximum Gasteiger partial charge on any atom is 0.270 e. The first-order chi connectivity index (χ1) is 19.4. The van der Waals surface area contributed by atoms with Gasteiger partial charge in [-0.3, -0.25) is 24.0 Å². The number of thioether (sulfide) groups is 1. The van der Waals surface area contributed by atoms with Gasteiger partial charge in [-0.2, -0.15) is 5.26 Å². The fraction of sp³-hybridized carbons (Fsp3) is 0.484. The van der Waals surface area contributed by atoms with E-state index in [2.05, 4.69) is 47.1 Å².